The van der Waals surface area contributed by atoms with Gasteiger partial charge in [-0.25, -0.2) is 0 Å². The van der Waals surface area contributed by atoms with Crippen molar-refractivity contribution in [1.29, 1.82) is 0 Å². The van der Waals surface area contributed by atoms with Crippen molar-refractivity contribution in [3.8, 4) is 0 Å². The van der Waals surface area contributed by atoms with Gasteiger partial charge in [-0.15, -0.1) is 0 Å². The highest BCUT2D eigenvalue weighted by Crippen LogP contribution is 2.21. The number of hydrogen-bond donors (Lipinski definition) is 1. The molecule has 0 saturated carbocycles. The Morgan fingerprint density at radius 3 is 2.56 bits per heavy atom. The molecule has 1 saturated heterocycles. The summed E-state index contributed by atoms with van der Waals surface area (Å²) in [5, 5.41) is 3.49. The number of benzene rings is 1. The lowest BCUT2D eigenvalue weighted by Gasteiger charge is -2.29. The minimum atomic E-state index is 0.618. The highest BCUT2D eigenvalue weighted by Gasteiger charge is 2.15. The topological polar surface area (TPSA) is 15.3 Å². The molecule has 1 aromatic carbocycles. The minimum Gasteiger partial charge on any atom is -0.374 e. The number of rotatable bonds is 4. The Bertz CT molecular complexity index is 350. The second-order valence-corrected chi connectivity index (χ2v) is 5.84. The van der Waals surface area contributed by atoms with Gasteiger partial charge in [0.25, 0.3) is 0 Å². The lowest BCUT2D eigenvalue weighted by atomic mass is 9.98. The van der Waals surface area contributed by atoms with Gasteiger partial charge in [0.1, 0.15) is 0 Å². The van der Waals surface area contributed by atoms with E-state index in [0.29, 0.717) is 5.92 Å². The largest absolute Gasteiger partial charge is 0.374 e. The normalized spacial score (nSPS) is 20.1. The third-order valence-electron chi connectivity index (χ3n) is 3.93. The Balaban J connectivity index is 1.93. The van der Waals surface area contributed by atoms with Crippen LogP contribution in [0, 0.1) is 5.92 Å². The van der Waals surface area contributed by atoms with E-state index in [1.807, 2.05) is 0 Å². The molecule has 0 aromatic heterocycles. The monoisotopic (exact) mass is 246 g/mol. The maximum atomic E-state index is 3.49. The molecule has 1 aliphatic heterocycles. The third-order valence-corrected chi connectivity index (χ3v) is 3.93. The van der Waals surface area contributed by atoms with Crippen molar-refractivity contribution in [1.82, 2.24) is 5.32 Å². The summed E-state index contributed by atoms with van der Waals surface area (Å²) in [6.07, 6.45) is 2.69. The zero-order chi connectivity index (χ0) is 13.0. The molecule has 100 valence electrons. The molecule has 1 aromatic rings. The van der Waals surface area contributed by atoms with Gasteiger partial charge >= 0.3 is 0 Å². The molecule has 0 spiro atoms. The Labute approximate surface area is 111 Å². The van der Waals surface area contributed by atoms with Crippen molar-refractivity contribution < 1.29 is 0 Å². The first-order valence-electron chi connectivity index (χ1n) is 7.18. The quantitative estimate of drug-likeness (QED) is 0.877. The van der Waals surface area contributed by atoms with Crippen LogP contribution in [0.15, 0.2) is 24.3 Å². The van der Waals surface area contributed by atoms with E-state index in [1.165, 1.54) is 37.2 Å². The van der Waals surface area contributed by atoms with E-state index in [2.05, 4.69) is 55.4 Å². The first-order valence-corrected chi connectivity index (χ1v) is 7.18. The zero-order valence-electron chi connectivity index (χ0n) is 11.9. The molecule has 1 atom stereocenters. The first-order chi connectivity index (χ1) is 8.66. The van der Waals surface area contributed by atoms with Crippen LogP contribution in [-0.2, 0) is 0 Å². The van der Waals surface area contributed by atoms with Crippen LogP contribution < -0.4 is 10.2 Å². The van der Waals surface area contributed by atoms with Gasteiger partial charge in [-0.3, -0.25) is 0 Å². The van der Waals surface area contributed by atoms with E-state index in [4.69, 9.17) is 0 Å². The van der Waals surface area contributed by atoms with Crippen molar-refractivity contribution in [2.75, 3.05) is 31.6 Å². The number of nitrogens with zero attached hydrogens (tertiary/aromatic N) is 1. The third kappa shape index (κ3) is 3.49. The smallest absolute Gasteiger partial charge is 0.0363 e. The summed E-state index contributed by atoms with van der Waals surface area (Å²) in [4.78, 5) is 2.39. The minimum absolute atomic E-state index is 0.618. The fraction of sp³-hybridized carbons (Fsp3) is 0.625. The second kappa shape index (κ2) is 6.24. The molecule has 1 unspecified atom stereocenters. The van der Waals surface area contributed by atoms with Crippen molar-refractivity contribution in [3.63, 3.8) is 0 Å². The van der Waals surface area contributed by atoms with Crippen LogP contribution in [0.5, 0.6) is 0 Å². The van der Waals surface area contributed by atoms with Crippen LogP contribution in [0.4, 0.5) is 5.69 Å². The van der Waals surface area contributed by atoms with Gasteiger partial charge in [0.2, 0.25) is 0 Å². The number of nitrogens with one attached hydrogen (secondary N) is 1. The van der Waals surface area contributed by atoms with Crippen LogP contribution in [0.25, 0.3) is 0 Å². The Morgan fingerprint density at radius 2 is 2.00 bits per heavy atom. The van der Waals surface area contributed by atoms with Crippen LogP contribution in [0.1, 0.15) is 38.2 Å². The lowest BCUT2D eigenvalue weighted by Crippen LogP contribution is -2.36. The summed E-state index contributed by atoms with van der Waals surface area (Å²) in [6, 6.07) is 9.03. The van der Waals surface area contributed by atoms with Crippen LogP contribution in [0.2, 0.25) is 0 Å². The average Bonchev–Trinajstić information content (AvgIpc) is 2.40. The van der Waals surface area contributed by atoms with Crippen molar-refractivity contribution in [2.24, 2.45) is 5.92 Å². The summed E-state index contributed by atoms with van der Waals surface area (Å²) in [6.45, 7) is 8.02. The average molecular weight is 246 g/mol. The molecule has 0 bridgehead atoms. The molecule has 18 heavy (non-hydrogen) atoms. The molecular weight excluding hydrogens is 220 g/mol. The number of hydrogen-bond acceptors (Lipinski definition) is 2. The summed E-state index contributed by atoms with van der Waals surface area (Å²) >= 11 is 0. The van der Waals surface area contributed by atoms with E-state index in [-0.39, 0.29) is 0 Å². The SMILES string of the molecule is CC(C)c1ccc(N(C)CC2CCCNC2)cc1. The lowest BCUT2D eigenvalue weighted by molar-refractivity contribution is 0.381. The standard InChI is InChI=1S/C16H26N2/c1-13(2)15-6-8-16(9-7-15)18(3)12-14-5-4-10-17-11-14/h6-9,13-14,17H,4-5,10-12H2,1-3H3. The van der Waals surface area contributed by atoms with Gasteiger partial charge in [-0.2, -0.15) is 0 Å². The fourth-order valence-corrected chi connectivity index (χ4v) is 2.69. The summed E-state index contributed by atoms with van der Waals surface area (Å²) < 4.78 is 0. The number of anilines is 1. The molecule has 2 nitrogen and oxygen atoms in total. The Kier molecular flexibility index (Phi) is 4.65. The fourth-order valence-electron chi connectivity index (χ4n) is 2.69. The van der Waals surface area contributed by atoms with Crippen LogP contribution in [0.3, 0.4) is 0 Å². The van der Waals surface area contributed by atoms with Gasteiger partial charge < -0.3 is 10.2 Å². The Hall–Kier alpha value is -1.02. The van der Waals surface area contributed by atoms with E-state index in [0.717, 1.165) is 12.5 Å². The predicted molar refractivity (Wildman–Crippen MR) is 79.4 cm³/mol. The first kappa shape index (κ1) is 13.4. The maximum absolute atomic E-state index is 3.49. The molecule has 1 fully saturated rings. The van der Waals surface area contributed by atoms with Gasteiger partial charge in [0.05, 0.1) is 0 Å². The maximum Gasteiger partial charge on any atom is 0.0363 e. The van der Waals surface area contributed by atoms with Gasteiger partial charge in [-0.1, -0.05) is 26.0 Å². The summed E-state index contributed by atoms with van der Waals surface area (Å²) in [7, 11) is 2.21. The van der Waals surface area contributed by atoms with E-state index in [9.17, 15) is 0 Å². The van der Waals surface area contributed by atoms with E-state index < -0.39 is 0 Å². The van der Waals surface area contributed by atoms with Crippen molar-refractivity contribution in [2.45, 2.75) is 32.6 Å². The van der Waals surface area contributed by atoms with Crippen molar-refractivity contribution >= 4 is 5.69 Å². The van der Waals surface area contributed by atoms with Gasteiger partial charge in [-0.05, 0) is 55.5 Å². The van der Waals surface area contributed by atoms with Crippen LogP contribution in [-0.4, -0.2) is 26.7 Å². The summed E-state index contributed by atoms with van der Waals surface area (Å²) in [5.41, 5.74) is 2.76. The molecule has 0 radical (unpaired) electrons. The van der Waals surface area contributed by atoms with E-state index >= 15 is 0 Å². The van der Waals surface area contributed by atoms with Gasteiger partial charge in [0.15, 0.2) is 0 Å². The summed E-state index contributed by atoms with van der Waals surface area (Å²) in [5.74, 6) is 1.42. The molecule has 2 rings (SSSR count). The Morgan fingerprint density at radius 1 is 1.28 bits per heavy atom. The molecule has 1 N–H and O–H groups in total. The molecule has 1 aliphatic rings. The van der Waals surface area contributed by atoms with Crippen LogP contribution >= 0.6 is 0 Å². The molecule has 2 heteroatoms. The molecule has 1 heterocycles. The number of piperidine rings is 1. The van der Waals surface area contributed by atoms with E-state index in [1.54, 1.807) is 0 Å². The highest BCUT2D eigenvalue weighted by atomic mass is 15.1. The molecule has 0 aliphatic carbocycles. The van der Waals surface area contributed by atoms with Crippen molar-refractivity contribution in [3.05, 3.63) is 29.8 Å². The zero-order valence-corrected chi connectivity index (χ0v) is 11.9. The van der Waals surface area contributed by atoms with Gasteiger partial charge in [0, 0.05) is 19.3 Å². The highest BCUT2D eigenvalue weighted by molar-refractivity contribution is 5.47. The molecule has 0 amide bonds. The molecular formula is C16H26N2. The predicted octanol–water partition coefficient (Wildman–Crippen LogP) is 3.25. The second-order valence-electron chi connectivity index (χ2n) is 5.84.